The first-order valence-electron chi connectivity index (χ1n) is 4.23. The quantitative estimate of drug-likeness (QED) is 0.557. The number of aromatic nitrogens is 1. The van der Waals surface area contributed by atoms with Crippen LogP contribution in [0.1, 0.15) is 18.0 Å². The van der Waals surface area contributed by atoms with Crippen LogP contribution < -0.4 is 0 Å². The van der Waals surface area contributed by atoms with Crippen LogP contribution in [0.3, 0.4) is 0 Å². The fourth-order valence-electron chi connectivity index (χ4n) is 1.20. The fraction of sp³-hybridized carbons (Fsp3) is 0.200. The lowest BCUT2D eigenvalue weighted by molar-refractivity contribution is 0.559. The minimum atomic E-state index is -0.190. The number of hydrogen-bond donors (Lipinski definition) is 0. The van der Waals surface area contributed by atoms with Gasteiger partial charge in [0.1, 0.15) is 11.0 Å². The molecule has 1 heterocycles. The molecule has 1 aromatic heterocycles. The van der Waals surface area contributed by atoms with Gasteiger partial charge in [-0.25, -0.2) is 9.78 Å². The Hall–Kier alpha value is -1.51. The first-order valence-corrected chi connectivity index (χ1v) is 5.05. The standard InChI is InChI=1S/C10H8N2OS/c1-7(11-6-13)10-12-8-4-2-3-5-9(8)14-10/h2-5,7H,1H3. The predicted octanol–water partition coefficient (Wildman–Crippen LogP) is 2.69. The van der Waals surface area contributed by atoms with Crippen LogP contribution >= 0.6 is 11.3 Å². The molecule has 4 heteroatoms. The summed E-state index contributed by atoms with van der Waals surface area (Å²) in [6, 6.07) is 7.68. The van der Waals surface area contributed by atoms with Gasteiger partial charge < -0.3 is 0 Å². The fourth-order valence-corrected chi connectivity index (χ4v) is 2.16. The Labute approximate surface area is 85.1 Å². The van der Waals surface area contributed by atoms with Crippen LogP contribution in [-0.2, 0) is 4.79 Å². The third-order valence-corrected chi connectivity index (χ3v) is 3.12. The predicted molar refractivity (Wildman–Crippen MR) is 56.2 cm³/mol. The molecule has 0 aliphatic carbocycles. The van der Waals surface area contributed by atoms with Crippen molar-refractivity contribution in [3.05, 3.63) is 29.3 Å². The lowest BCUT2D eigenvalue weighted by Crippen LogP contribution is -1.86. The molecule has 0 bridgehead atoms. The lowest BCUT2D eigenvalue weighted by Gasteiger charge is -1.94. The van der Waals surface area contributed by atoms with Crippen molar-refractivity contribution in [2.24, 2.45) is 4.99 Å². The Morgan fingerprint density at radius 3 is 3.00 bits per heavy atom. The maximum absolute atomic E-state index is 10.1. The molecule has 0 saturated heterocycles. The number of hydrogen-bond acceptors (Lipinski definition) is 4. The van der Waals surface area contributed by atoms with E-state index in [4.69, 9.17) is 0 Å². The molecule has 0 aliphatic rings. The van der Waals surface area contributed by atoms with Crippen molar-refractivity contribution in [2.45, 2.75) is 13.0 Å². The van der Waals surface area contributed by atoms with Crippen molar-refractivity contribution in [3.8, 4) is 0 Å². The van der Waals surface area contributed by atoms with Crippen LogP contribution in [0.4, 0.5) is 0 Å². The number of thiazole rings is 1. The molecular formula is C10H8N2OS. The summed E-state index contributed by atoms with van der Waals surface area (Å²) in [7, 11) is 0. The Balaban J connectivity index is 2.49. The minimum absolute atomic E-state index is 0.190. The second kappa shape index (κ2) is 3.70. The third-order valence-electron chi connectivity index (χ3n) is 1.91. The Kier molecular flexibility index (Phi) is 2.39. The monoisotopic (exact) mass is 204 g/mol. The average molecular weight is 204 g/mol. The van der Waals surface area contributed by atoms with Gasteiger partial charge in [-0.1, -0.05) is 12.1 Å². The van der Waals surface area contributed by atoms with Crippen LogP contribution in [0.5, 0.6) is 0 Å². The second-order valence-corrected chi connectivity index (χ2v) is 3.98. The van der Waals surface area contributed by atoms with E-state index in [0.29, 0.717) is 0 Å². The smallest absolute Gasteiger partial charge is 0.235 e. The van der Waals surface area contributed by atoms with E-state index in [2.05, 4.69) is 9.98 Å². The van der Waals surface area contributed by atoms with E-state index in [1.807, 2.05) is 31.2 Å². The number of rotatable bonds is 2. The van der Waals surface area contributed by atoms with Crippen LogP contribution in [-0.4, -0.2) is 11.1 Å². The van der Waals surface area contributed by atoms with Gasteiger partial charge in [-0.2, -0.15) is 4.99 Å². The summed E-state index contributed by atoms with van der Waals surface area (Å²) in [5, 5.41) is 0.856. The molecule has 1 aromatic carbocycles. The molecule has 14 heavy (non-hydrogen) atoms. The van der Waals surface area contributed by atoms with Crippen molar-refractivity contribution < 1.29 is 4.79 Å². The van der Waals surface area contributed by atoms with Gasteiger partial charge in [-0.05, 0) is 19.1 Å². The molecule has 3 nitrogen and oxygen atoms in total. The molecule has 0 saturated carbocycles. The van der Waals surface area contributed by atoms with Crippen LogP contribution in [0.25, 0.3) is 10.2 Å². The summed E-state index contributed by atoms with van der Waals surface area (Å²) in [5.74, 6) is 0. The molecule has 0 amide bonds. The van der Waals surface area contributed by atoms with Gasteiger partial charge in [0, 0.05) is 0 Å². The summed E-state index contributed by atoms with van der Waals surface area (Å²) in [6.45, 7) is 1.84. The van der Waals surface area contributed by atoms with E-state index >= 15 is 0 Å². The van der Waals surface area contributed by atoms with Crippen LogP contribution in [0.2, 0.25) is 0 Å². The second-order valence-electron chi connectivity index (χ2n) is 2.92. The van der Waals surface area contributed by atoms with E-state index in [0.717, 1.165) is 15.2 Å². The minimum Gasteiger partial charge on any atom is -0.239 e. The number of carbonyl (C=O) groups excluding carboxylic acids is 1. The van der Waals surface area contributed by atoms with E-state index in [9.17, 15) is 4.79 Å². The normalized spacial score (nSPS) is 12.4. The Morgan fingerprint density at radius 1 is 1.50 bits per heavy atom. The molecule has 1 atom stereocenters. The molecule has 1 unspecified atom stereocenters. The molecule has 0 fully saturated rings. The van der Waals surface area contributed by atoms with Crippen molar-refractivity contribution >= 4 is 27.6 Å². The van der Waals surface area contributed by atoms with Crippen molar-refractivity contribution in [1.82, 2.24) is 4.98 Å². The maximum Gasteiger partial charge on any atom is 0.235 e. The van der Waals surface area contributed by atoms with E-state index in [1.54, 1.807) is 17.4 Å². The SMILES string of the molecule is CC(N=C=O)c1nc2ccccc2s1. The molecular weight excluding hydrogens is 196 g/mol. The zero-order valence-electron chi connectivity index (χ0n) is 7.60. The highest BCUT2D eigenvalue weighted by Gasteiger charge is 2.09. The number of nitrogens with zero attached hydrogens (tertiary/aromatic N) is 2. The van der Waals surface area contributed by atoms with Gasteiger partial charge >= 0.3 is 0 Å². The third kappa shape index (κ3) is 1.58. The molecule has 0 aliphatic heterocycles. The lowest BCUT2D eigenvalue weighted by atomic mass is 10.3. The van der Waals surface area contributed by atoms with Gasteiger partial charge in [0.15, 0.2) is 0 Å². The largest absolute Gasteiger partial charge is 0.239 e. The highest BCUT2D eigenvalue weighted by atomic mass is 32.1. The molecule has 0 spiro atoms. The summed E-state index contributed by atoms with van der Waals surface area (Å²) < 4.78 is 1.12. The van der Waals surface area contributed by atoms with E-state index in [1.165, 1.54) is 0 Å². The zero-order chi connectivity index (χ0) is 9.97. The highest BCUT2D eigenvalue weighted by Crippen LogP contribution is 2.27. The maximum atomic E-state index is 10.1. The number of benzene rings is 1. The Bertz CT molecular complexity index is 467. The number of aliphatic imine (C=N–C) groups is 1. The first-order chi connectivity index (χ1) is 6.81. The highest BCUT2D eigenvalue weighted by molar-refractivity contribution is 7.18. The first kappa shape index (κ1) is 9.06. The van der Waals surface area contributed by atoms with E-state index < -0.39 is 0 Å². The molecule has 2 rings (SSSR count). The van der Waals surface area contributed by atoms with Crippen LogP contribution in [0, 0.1) is 0 Å². The number of para-hydroxylation sites is 1. The summed E-state index contributed by atoms with van der Waals surface area (Å²) in [6.07, 6.45) is 1.55. The van der Waals surface area contributed by atoms with Crippen LogP contribution in [0.15, 0.2) is 29.3 Å². The van der Waals surface area contributed by atoms with Gasteiger partial charge in [-0.15, -0.1) is 11.3 Å². The topological polar surface area (TPSA) is 42.3 Å². The average Bonchev–Trinajstić information content (AvgIpc) is 2.61. The van der Waals surface area contributed by atoms with E-state index in [-0.39, 0.29) is 6.04 Å². The summed E-state index contributed by atoms with van der Waals surface area (Å²) in [5.41, 5.74) is 0.959. The summed E-state index contributed by atoms with van der Waals surface area (Å²) >= 11 is 1.56. The number of isocyanates is 1. The van der Waals surface area contributed by atoms with Gasteiger partial charge in [0.25, 0.3) is 0 Å². The molecule has 0 radical (unpaired) electrons. The molecule has 2 aromatic rings. The number of fused-ring (bicyclic) bond motifs is 1. The van der Waals surface area contributed by atoms with Crippen molar-refractivity contribution in [3.63, 3.8) is 0 Å². The Morgan fingerprint density at radius 2 is 2.29 bits per heavy atom. The molecule has 0 N–H and O–H groups in total. The van der Waals surface area contributed by atoms with Crippen molar-refractivity contribution in [1.29, 1.82) is 0 Å². The molecule has 70 valence electrons. The van der Waals surface area contributed by atoms with Gasteiger partial charge in [0.05, 0.1) is 10.2 Å². The van der Waals surface area contributed by atoms with Gasteiger partial charge in [-0.3, -0.25) is 0 Å². The summed E-state index contributed by atoms with van der Waals surface area (Å²) in [4.78, 5) is 18.1. The van der Waals surface area contributed by atoms with Gasteiger partial charge in [0.2, 0.25) is 6.08 Å². The zero-order valence-corrected chi connectivity index (χ0v) is 8.41. The van der Waals surface area contributed by atoms with Crippen molar-refractivity contribution in [2.75, 3.05) is 0 Å².